The zero-order valence-electron chi connectivity index (χ0n) is 18.8. The number of carbonyl (C=O) groups excluding carboxylic acids is 1. The first-order valence-electron chi connectivity index (χ1n) is 10.9. The Morgan fingerprint density at radius 3 is 2.91 bits per heavy atom. The minimum absolute atomic E-state index is 0.149. The number of aromatic nitrogens is 4. The summed E-state index contributed by atoms with van der Waals surface area (Å²) in [5.41, 5.74) is 3.31. The fraction of sp³-hybridized carbons (Fsp3) is 0.304. The van der Waals surface area contributed by atoms with Gasteiger partial charge in [0.1, 0.15) is 11.3 Å². The molecule has 4 aromatic rings. The van der Waals surface area contributed by atoms with E-state index in [1.54, 1.807) is 22.9 Å². The van der Waals surface area contributed by atoms with Crippen molar-refractivity contribution in [1.29, 1.82) is 0 Å². The average Bonchev–Trinajstić information content (AvgIpc) is 3.48. The highest BCUT2D eigenvalue weighted by Gasteiger charge is 2.30. The fourth-order valence-electron chi connectivity index (χ4n) is 4.15. The van der Waals surface area contributed by atoms with Crippen LogP contribution in [0.3, 0.4) is 0 Å². The number of sulfonamides is 1. The van der Waals surface area contributed by atoms with Crippen molar-refractivity contribution >= 4 is 27.3 Å². The number of rotatable bonds is 5. The maximum atomic E-state index is 12.9. The molecule has 0 radical (unpaired) electrons. The van der Waals surface area contributed by atoms with Crippen molar-refractivity contribution in [2.45, 2.75) is 25.7 Å². The molecule has 5 rings (SSSR count). The Morgan fingerprint density at radius 2 is 2.09 bits per heavy atom. The summed E-state index contributed by atoms with van der Waals surface area (Å²) in [5.74, 6) is 0.373. The monoisotopic (exact) mass is 480 g/mol. The molecule has 1 N–H and O–H groups in total. The van der Waals surface area contributed by atoms with E-state index in [1.165, 1.54) is 10.6 Å². The lowest BCUT2D eigenvalue weighted by atomic mass is 10.00. The van der Waals surface area contributed by atoms with Gasteiger partial charge in [-0.2, -0.15) is 4.98 Å². The van der Waals surface area contributed by atoms with Crippen LogP contribution in [0.15, 0.2) is 53.3 Å². The highest BCUT2D eigenvalue weighted by Crippen LogP contribution is 2.30. The van der Waals surface area contributed by atoms with Crippen LogP contribution in [0.5, 0.6) is 0 Å². The smallest absolute Gasteiger partial charge is 0.274 e. The van der Waals surface area contributed by atoms with Crippen LogP contribution in [0.25, 0.3) is 17.0 Å². The second-order valence-electron chi connectivity index (χ2n) is 8.47. The predicted octanol–water partition coefficient (Wildman–Crippen LogP) is 3.08. The quantitative estimate of drug-likeness (QED) is 0.466. The molecule has 0 spiro atoms. The Hall–Kier alpha value is -3.57. The molecule has 11 heteroatoms. The van der Waals surface area contributed by atoms with Crippen LogP contribution in [-0.2, 0) is 10.0 Å². The first-order valence-corrected chi connectivity index (χ1v) is 12.8. The Balaban J connectivity index is 1.37. The summed E-state index contributed by atoms with van der Waals surface area (Å²) in [6.45, 7) is 2.73. The summed E-state index contributed by atoms with van der Waals surface area (Å²) < 4.78 is 32.5. The number of amides is 1. The highest BCUT2D eigenvalue weighted by atomic mass is 32.2. The Kier molecular flexibility index (Phi) is 5.66. The molecule has 34 heavy (non-hydrogen) atoms. The number of nitrogens with one attached hydrogen (secondary N) is 1. The van der Waals surface area contributed by atoms with E-state index >= 15 is 0 Å². The molecular weight excluding hydrogens is 456 g/mol. The minimum Gasteiger partial charge on any atom is -0.339 e. The lowest BCUT2D eigenvalue weighted by molar-refractivity contribution is 0.102. The number of pyridine rings is 1. The van der Waals surface area contributed by atoms with Gasteiger partial charge in [0.15, 0.2) is 0 Å². The van der Waals surface area contributed by atoms with E-state index in [2.05, 4.69) is 20.4 Å². The SMILES string of the molecule is Cc1ccc(-c2noc(C3CCCN(S(C)(=O)=O)C3)n2)cc1NC(=O)c1cnc2ccccn12. The molecule has 1 aliphatic heterocycles. The summed E-state index contributed by atoms with van der Waals surface area (Å²) in [5, 5.41) is 7.06. The van der Waals surface area contributed by atoms with Gasteiger partial charge in [-0.3, -0.25) is 9.20 Å². The van der Waals surface area contributed by atoms with Crippen molar-refractivity contribution in [3.8, 4) is 11.4 Å². The normalized spacial score (nSPS) is 17.2. The van der Waals surface area contributed by atoms with Crippen molar-refractivity contribution in [3.63, 3.8) is 0 Å². The summed E-state index contributed by atoms with van der Waals surface area (Å²) in [7, 11) is -3.27. The predicted molar refractivity (Wildman–Crippen MR) is 126 cm³/mol. The Morgan fingerprint density at radius 1 is 1.24 bits per heavy atom. The van der Waals surface area contributed by atoms with Crippen molar-refractivity contribution in [2.75, 3.05) is 24.7 Å². The van der Waals surface area contributed by atoms with E-state index < -0.39 is 10.0 Å². The summed E-state index contributed by atoms with van der Waals surface area (Å²) >= 11 is 0. The lowest BCUT2D eigenvalue weighted by Gasteiger charge is -2.28. The minimum atomic E-state index is -3.27. The number of fused-ring (bicyclic) bond motifs is 1. The number of piperidine rings is 1. The number of imidazole rings is 1. The second-order valence-corrected chi connectivity index (χ2v) is 10.5. The number of hydrogen-bond acceptors (Lipinski definition) is 7. The van der Waals surface area contributed by atoms with Crippen molar-refractivity contribution < 1.29 is 17.7 Å². The van der Waals surface area contributed by atoms with Gasteiger partial charge < -0.3 is 9.84 Å². The van der Waals surface area contributed by atoms with Gasteiger partial charge in [0.25, 0.3) is 5.91 Å². The maximum absolute atomic E-state index is 12.9. The van der Waals surface area contributed by atoms with Gasteiger partial charge in [0, 0.05) is 30.5 Å². The summed E-state index contributed by atoms with van der Waals surface area (Å²) in [4.78, 5) is 21.7. The van der Waals surface area contributed by atoms with Crippen LogP contribution in [0, 0.1) is 6.92 Å². The number of carbonyl (C=O) groups is 1. The first kappa shape index (κ1) is 22.2. The van der Waals surface area contributed by atoms with Gasteiger partial charge >= 0.3 is 0 Å². The van der Waals surface area contributed by atoms with Gasteiger partial charge in [-0.1, -0.05) is 23.4 Å². The largest absolute Gasteiger partial charge is 0.339 e. The van der Waals surface area contributed by atoms with Crippen molar-refractivity contribution in [3.05, 3.63) is 65.9 Å². The van der Waals surface area contributed by atoms with Crippen LogP contribution in [0.2, 0.25) is 0 Å². The van der Waals surface area contributed by atoms with Crippen molar-refractivity contribution in [2.24, 2.45) is 0 Å². The number of anilines is 1. The Labute approximate surface area is 196 Å². The van der Waals surface area contributed by atoms with Crippen LogP contribution >= 0.6 is 0 Å². The zero-order valence-corrected chi connectivity index (χ0v) is 19.6. The van der Waals surface area contributed by atoms with Gasteiger partial charge in [-0.15, -0.1) is 0 Å². The maximum Gasteiger partial charge on any atom is 0.274 e. The molecule has 1 saturated heterocycles. The summed E-state index contributed by atoms with van der Waals surface area (Å²) in [6, 6.07) is 11.1. The topological polar surface area (TPSA) is 123 Å². The van der Waals surface area contributed by atoms with Gasteiger partial charge in [-0.25, -0.2) is 17.7 Å². The molecule has 4 heterocycles. The molecule has 3 aromatic heterocycles. The number of hydrogen-bond donors (Lipinski definition) is 1. The highest BCUT2D eigenvalue weighted by molar-refractivity contribution is 7.88. The fourth-order valence-corrected chi connectivity index (χ4v) is 5.06. The van der Waals surface area contributed by atoms with Gasteiger partial charge in [0.2, 0.25) is 21.7 Å². The third-order valence-electron chi connectivity index (χ3n) is 6.04. The van der Waals surface area contributed by atoms with E-state index in [-0.39, 0.29) is 11.8 Å². The van der Waals surface area contributed by atoms with Crippen molar-refractivity contribution in [1.82, 2.24) is 23.8 Å². The second kappa shape index (κ2) is 8.65. The van der Waals surface area contributed by atoms with Crippen LogP contribution in [0.4, 0.5) is 5.69 Å². The van der Waals surface area contributed by atoms with E-state index in [0.29, 0.717) is 47.4 Å². The third-order valence-corrected chi connectivity index (χ3v) is 7.31. The number of aryl methyl sites for hydroxylation is 1. The molecule has 1 aromatic carbocycles. The van der Waals surface area contributed by atoms with E-state index in [0.717, 1.165) is 18.4 Å². The zero-order chi connectivity index (χ0) is 23.9. The summed E-state index contributed by atoms with van der Waals surface area (Å²) in [6.07, 6.45) is 6.06. The standard InChI is InChI=1S/C23H24N6O4S/c1-15-8-9-16(12-18(15)25-22(30)19-13-24-20-7-3-4-11-29(19)20)21-26-23(33-27-21)17-6-5-10-28(14-17)34(2,31)32/h3-4,7-9,11-13,17H,5-6,10,14H2,1-2H3,(H,25,30). The molecular formula is C23H24N6O4S. The lowest BCUT2D eigenvalue weighted by Crippen LogP contribution is -2.38. The van der Waals surface area contributed by atoms with Gasteiger partial charge in [0.05, 0.1) is 18.4 Å². The van der Waals surface area contributed by atoms with E-state index in [4.69, 9.17) is 4.52 Å². The number of nitrogens with zero attached hydrogens (tertiary/aromatic N) is 5. The van der Waals surface area contributed by atoms with Crippen LogP contribution in [0.1, 0.15) is 40.7 Å². The molecule has 0 aliphatic carbocycles. The Bertz CT molecular complexity index is 1480. The molecule has 0 bridgehead atoms. The molecule has 1 amide bonds. The molecule has 1 fully saturated rings. The average molecular weight is 481 g/mol. The molecule has 10 nitrogen and oxygen atoms in total. The molecule has 1 unspecified atom stereocenters. The molecule has 176 valence electrons. The third kappa shape index (κ3) is 4.31. The van der Waals surface area contributed by atoms with Crippen LogP contribution in [-0.4, -0.2) is 57.5 Å². The molecule has 1 aliphatic rings. The molecule has 0 saturated carbocycles. The first-order chi connectivity index (χ1) is 16.3. The van der Waals surface area contributed by atoms with Gasteiger partial charge in [-0.05, 0) is 43.5 Å². The molecule has 1 atom stereocenters. The van der Waals surface area contributed by atoms with E-state index in [1.807, 2.05) is 37.3 Å². The number of benzene rings is 1. The van der Waals surface area contributed by atoms with E-state index in [9.17, 15) is 13.2 Å². The van der Waals surface area contributed by atoms with Crippen LogP contribution < -0.4 is 5.32 Å².